The summed E-state index contributed by atoms with van der Waals surface area (Å²) >= 11 is 12.1. The lowest BCUT2D eigenvalue weighted by molar-refractivity contribution is 0.0600. The first-order valence-electron chi connectivity index (χ1n) is 8.76. The zero-order valence-corrected chi connectivity index (χ0v) is 17.4. The van der Waals surface area contributed by atoms with Gasteiger partial charge >= 0.3 is 5.97 Å². The quantitative estimate of drug-likeness (QED) is 0.441. The molecule has 0 N–H and O–H groups in total. The minimum atomic E-state index is -0.617. The maximum absolute atomic E-state index is 13.1. The monoisotopic (exact) mass is 443 g/mol. The number of carbonyl (C=O) groups excluding carboxylic acids is 1. The number of methoxy groups -OCH3 is 2. The molecule has 2 aromatic rings. The highest BCUT2D eigenvalue weighted by Crippen LogP contribution is 2.28. The summed E-state index contributed by atoms with van der Waals surface area (Å²) in [5.74, 6) is 0.0319. The van der Waals surface area contributed by atoms with Crippen LogP contribution in [0.15, 0.2) is 59.7 Å². The number of hydrogen-bond acceptors (Lipinski definition) is 5. The second-order valence-corrected chi connectivity index (χ2v) is 7.16. The highest BCUT2D eigenvalue weighted by Gasteiger charge is 2.25. The Morgan fingerprint density at radius 2 is 1.67 bits per heavy atom. The Kier molecular flexibility index (Phi) is 5.24. The fourth-order valence-electron chi connectivity index (χ4n) is 3.06. The lowest BCUT2D eigenvalue weighted by Crippen LogP contribution is -2.15. The van der Waals surface area contributed by atoms with Gasteiger partial charge in [0.1, 0.15) is 17.0 Å². The van der Waals surface area contributed by atoms with Crippen molar-refractivity contribution in [2.45, 2.75) is 0 Å². The molecule has 7 nitrogen and oxygen atoms in total. The molecule has 2 aliphatic rings. The molecular weight excluding hydrogens is 429 g/mol. The first-order valence-corrected chi connectivity index (χ1v) is 9.51. The van der Waals surface area contributed by atoms with E-state index in [0.29, 0.717) is 27.2 Å². The fraction of sp³-hybridized carbons (Fsp3) is 0.0952. The second kappa shape index (κ2) is 7.85. The van der Waals surface area contributed by atoms with Crippen LogP contribution < -0.4 is 10.3 Å². The van der Waals surface area contributed by atoms with Crippen molar-refractivity contribution in [1.29, 1.82) is 0 Å². The lowest BCUT2D eigenvalue weighted by atomic mass is 10.1. The highest BCUT2D eigenvalue weighted by molar-refractivity contribution is 6.42. The number of rotatable bonds is 4. The molecule has 2 aliphatic heterocycles. The molecule has 0 aromatic heterocycles. The summed E-state index contributed by atoms with van der Waals surface area (Å²) in [6.45, 7) is 0. The molecule has 0 spiro atoms. The van der Waals surface area contributed by atoms with E-state index >= 15 is 0 Å². The molecular formula is C21H15Cl2N3O4. The summed E-state index contributed by atoms with van der Waals surface area (Å²) in [5, 5.41) is 5.12. The number of hydrogen-bond donors (Lipinski definition) is 0. The highest BCUT2D eigenvalue weighted by atomic mass is 35.5. The van der Waals surface area contributed by atoms with E-state index < -0.39 is 5.97 Å². The molecule has 0 bridgehead atoms. The zero-order chi connectivity index (χ0) is 21.4. The molecule has 0 unspecified atom stereocenters. The molecule has 30 heavy (non-hydrogen) atoms. The lowest BCUT2D eigenvalue weighted by Gasteiger charge is -2.12. The maximum atomic E-state index is 13.1. The van der Waals surface area contributed by atoms with Gasteiger partial charge in [-0.1, -0.05) is 23.2 Å². The van der Waals surface area contributed by atoms with E-state index in [-0.39, 0.29) is 22.4 Å². The number of halogens is 2. The van der Waals surface area contributed by atoms with E-state index in [1.165, 1.54) is 11.8 Å². The molecule has 0 aliphatic carbocycles. The van der Waals surface area contributed by atoms with Crippen molar-refractivity contribution in [2.75, 3.05) is 14.2 Å². The Morgan fingerprint density at radius 1 is 0.967 bits per heavy atom. The molecule has 0 atom stereocenters. The molecule has 0 fully saturated rings. The summed E-state index contributed by atoms with van der Waals surface area (Å²) in [7, 11) is 2.82. The van der Waals surface area contributed by atoms with Crippen molar-refractivity contribution in [2.24, 2.45) is 0 Å². The van der Waals surface area contributed by atoms with Gasteiger partial charge in [0.05, 0.1) is 35.5 Å². The summed E-state index contributed by atoms with van der Waals surface area (Å²) in [5.41, 5.74) is 1.40. The molecule has 152 valence electrons. The van der Waals surface area contributed by atoms with Crippen molar-refractivity contribution >= 4 is 29.2 Å². The van der Waals surface area contributed by atoms with Gasteiger partial charge in [0.15, 0.2) is 0 Å². The topological polar surface area (TPSA) is 75.3 Å². The SMILES string of the molecule is COC(=O)c1cn(-c2ccc(Cl)c(Cl)c2)cc2c(=O)n(-c3ccc(OC)cc3)nc1-2. The minimum Gasteiger partial charge on any atom is -0.497 e. The van der Waals surface area contributed by atoms with Crippen LogP contribution >= 0.6 is 23.2 Å². The van der Waals surface area contributed by atoms with E-state index in [9.17, 15) is 9.59 Å². The van der Waals surface area contributed by atoms with E-state index in [2.05, 4.69) is 5.10 Å². The van der Waals surface area contributed by atoms with Crippen LogP contribution in [0.1, 0.15) is 10.4 Å². The molecule has 9 heteroatoms. The first-order chi connectivity index (χ1) is 14.4. The Morgan fingerprint density at radius 3 is 2.30 bits per heavy atom. The number of benzene rings is 2. The zero-order valence-electron chi connectivity index (χ0n) is 15.9. The second-order valence-electron chi connectivity index (χ2n) is 6.35. The first kappa shape index (κ1) is 20.0. The molecule has 0 saturated heterocycles. The number of ether oxygens (including phenoxy) is 2. The van der Waals surface area contributed by atoms with Crippen molar-refractivity contribution in [1.82, 2.24) is 14.3 Å². The minimum absolute atomic E-state index is 0.144. The van der Waals surface area contributed by atoms with Gasteiger partial charge in [0, 0.05) is 18.1 Å². The normalized spacial score (nSPS) is 10.9. The molecule has 0 radical (unpaired) electrons. The van der Waals surface area contributed by atoms with Gasteiger partial charge in [-0.3, -0.25) is 4.79 Å². The number of fused-ring (bicyclic) bond motifs is 1. The fourth-order valence-corrected chi connectivity index (χ4v) is 3.35. The largest absolute Gasteiger partial charge is 0.497 e. The van der Waals surface area contributed by atoms with Gasteiger partial charge in [-0.15, -0.1) is 0 Å². The van der Waals surface area contributed by atoms with Gasteiger partial charge in [0.2, 0.25) is 0 Å². The van der Waals surface area contributed by atoms with Crippen LogP contribution in [0.4, 0.5) is 0 Å². The van der Waals surface area contributed by atoms with Gasteiger partial charge in [-0.05, 0) is 42.5 Å². The predicted octanol–water partition coefficient (Wildman–Crippen LogP) is 4.23. The van der Waals surface area contributed by atoms with Gasteiger partial charge < -0.3 is 14.0 Å². The Hall–Kier alpha value is -3.29. The van der Waals surface area contributed by atoms with E-state index in [0.717, 1.165) is 0 Å². The summed E-state index contributed by atoms with van der Waals surface area (Å²) < 4.78 is 12.9. The average molecular weight is 444 g/mol. The van der Waals surface area contributed by atoms with Crippen LogP contribution in [-0.2, 0) is 4.74 Å². The number of aromatic nitrogens is 3. The summed E-state index contributed by atoms with van der Waals surface area (Å²) in [4.78, 5) is 25.5. The third-order valence-electron chi connectivity index (χ3n) is 4.59. The molecule has 0 saturated carbocycles. The number of nitrogens with zero attached hydrogens (tertiary/aromatic N) is 3. The molecule has 2 aromatic carbocycles. The smallest absolute Gasteiger partial charge is 0.341 e. The Balaban J connectivity index is 1.95. The van der Waals surface area contributed by atoms with Crippen LogP contribution in [0.25, 0.3) is 22.6 Å². The van der Waals surface area contributed by atoms with Crippen molar-refractivity contribution in [3.63, 3.8) is 0 Å². The molecule has 4 rings (SSSR count). The van der Waals surface area contributed by atoms with Crippen molar-refractivity contribution < 1.29 is 14.3 Å². The van der Waals surface area contributed by atoms with E-state index in [4.69, 9.17) is 32.7 Å². The summed E-state index contributed by atoms with van der Waals surface area (Å²) in [6, 6.07) is 11.8. The Bertz CT molecular complexity index is 1280. The van der Waals surface area contributed by atoms with Crippen LogP contribution in [-0.4, -0.2) is 34.5 Å². The Labute approximate surface area is 181 Å². The van der Waals surface area contributed by atoms with Crippen molar-refractivity contribution in [3.8, 4) is 28.4 Å². The standard InChI is InChI=1S/C21H15Cl2N3O4/c1-29-14-6-3-12(4-7-14)26-20(27)15-10-25(13-5-8-17(22)18(23)9-13)11-16(19(15)24-26)21(28)30-2/h3-11H,1-2H3. The van der Waals surface area contributed by atoms with Crippen LogP contribution in [0.2, 0.25) is 10.0 Å². The van der Waals surface area contributed by atoms with Crippen LogP contribution in [0.5, 0.6) is 5.75 Å². The van der Waals surface area contributed by atoms with Gasteiger partial charge in [0.25, 0.3) is 5.56 Å². The third kappa shape index (κ3) is 3.42. The number of carbonyl (C=O) groups is 1. The number of pyridine rings is 1. The van der Waals surface area contributed by atoms with Crippen LogP contribution in [0, 0.1) is 0 Å². The van der Waals surface area contributed by atoms with Gasteiger partial charge in [-0.2, -0.15) is 9.78 Å². The van der Waals surface area contributed by atoms with Crippen molar-refractivity contribution in [3.05, 3.63) is 80.8 Å². The maximum Gasteiger partial charge on any atom is 0.341 e. The van der Waals surface area contributed by atoms with Crippen LogP contribution in [0.3, 0.4) is 0 Å². The van der Waals surface area contributed by atoms with E-state index in [1.807, 2.05) is 0 Å². The third-order valence-corrected chi connectivity index (χ3v) is 5.33. The van der Waals surface area contributed by atoms with Gasteiger partial charge in [-0.25, -0.2) is 4.79 Å². The van der Waals surface area contributed by atoms with E-state index in [1.54, 1.807) is 66.5 Å². The molecule has 2 heterocycles. The number of esters is 1. The average Bonchev–Trinajstić information content (AvgIpc) is 3.11. The summed E-state index contributed by atoms with van der Waals surface area (Å²) in [6.07, 6.45) is 3.13. The molecule has 0 amide bonds. The predicted molar refractivity (Wildman–Crippen MR) is 114 cm³/mol.